The van der Waals surface area contributed by atoms with Crippen LogP contribution in [0.3, 0.4) is 0 Å². The van der Waals surface area contributed by atoms with Crippen molar-refractivity contribution >= 4 is 43.3 Å². The van der Waals surface area contributed by atoms with Crippen molar-refractivity contribution in [1.82, 2.24) is 4.31 Å². The maximum Gasteiger partial charge on any atom is 0.345 e. The average molecular weight is 370 g/mol. The van der Waals surface area contributed by atoms with Crippen molar-refractivity contribution < 1.29 is 18.3 Å². The minimum Gasteiger partial charge on any atom is -0.477 e. The monoisotopic (exact) mass is 369 g/mol. The standard InChI is InChI=1S/C11H16BrNO4S2/c1-11(2,3)6-13(4)19(16,17)8-5-7(10(14)15)18-9(8)12/h5H,6H2,1-4H3,(H,14,15). The lowest BCUT2D eigenvalue weighted by molar-refractivity contribution is 0.0702. The number of carbonyl (C=O) groups is 1. The number of carboxylic acids is 1. The lowest BCUT2D eigenvalue weighted by atomic mass is 9.97. The summed E-state index contributed by atoms with van der Waals surface area (Å²) >= 11 is 4.01. The first-order valence-corrected chi connectivity index (χ1v) is 8.49. The van der Waals surface area contributed by atoms with Gasteiger partial charge in [-0.25, -0.2) is 17.5 Å². The van der Waals surface area contributed by atoms with E-state index in [1.807, 2.05) is 20.8 Å². The van der Waals surface area contributed by atoms with E-state index in [4.69, 9.17) is 5.11 Å². The largest absolute Gasteiger partial charge is 0.477 e. The van der Waals surface area contributed by atoms with E-state index in [0.29, 0.717) is 10.3 Å². The summed E-state index contributed by atoms with van der Waals surface area (Å²) in [5, 5.41) is 8.89. The molecule has 1 aromatic rings. The fourth-order valence-corrected chi connectivity index (χ4v) is 5.30. The van der Waals surface area contributed by atoms with E-state index < -0.39 is 16.0 Å². The van der Waals surface area contributed by atoms with Crippen LogP contribution < -0.4 is 0 Å². The van der Waals surface area contributed by atoms with Gasteiger partial charge in [0.1, 0.15) is 9.77 Å². The van der Waals surface area contributed by atoms with Gasteiger partial charge < -0.3 is 5.11 Å². The highest BCUT2D eigenvalue weighted by molar-refractivity contribution is 9.11. The summed E-state index contributed by atoms with van der Waals surface area (Å²) in [4.78, 5) is 10.9. The maximum atomic E-state index is 12.4. The fourth-order valence-electron chi connectivity index (χ4n) is 1.55. The highest BCUT2D eigenvalue weighted by Gasteiger charge is 2.29. The van der Waals surface area contributed by atoms with Crippen LogP contribution in [0.25, 0.3) is 0 Å². The molecule has 5 nitrogen and oxygen atoms in total. The molecule has 0 saturated heterocycles. The van der Waals surface area contributed by atoms with Crippen molar-refractivity contribution in [2.24, 2.45) is 5.41 Å². The van der Waals surface area contributed by atoms with Crippen LogP contribution in [0, 0.1) is 5.41 Å². The number of sulfonamides is 1. The Morgan fingerprint density at radius 1 is 1.47 bits per heavy atom. The van der Waals surface area contributed by atoms with E-state index in [1.54, 1.807) is 0 Å². The second-order valence-electron chi connectivity index (χ2n) is 5.38. The number of thiophene rings is 1. The molecule has 0 spiro atoms. The van der Waals surface area contributed by atoms with Crippen molar-refractivity contribution in [3.63, 3.8) is 0 Å². The van der Waals surface area contributed by atoms with Crippen LogP contribution in [-0.2, 0) is 10.0 Å². The minimum atomic E-state index is -3.68. The van der Waals surface area contributed by atoms with Crippen molar-refractivity contribution in [3.05, 3.63) is 14.7 Å². The molecule has 0 radical (unpaired) electrons. The number of aromatic carboxylic acids is 1. The van der Waals surface area contributed by atoms with Gasteiger partial charge in [0, 0.05) is 13.6 Å². The van der Waals surface area contributed by atoms with Crippen molar-refractivity contribution in [3.8, 4) is 0 Å². The van der Waals surface area contributed by atoms with E-state index in [2.05, 4.69) is 15.9 Å². The molecule has 1 N–H and O–H groups in total. The number of rotatable bonds is 4. The van der Waals surface area contributed by atoms with Crippen LogP contribution in [0.1, 0.15) is 30.4 Å². The van der Waals surface area contributed by atoms with Crippen LogP contribution in [0.5, 0.6) is 0 Å². The molecule has 0 aliphatic carbocycles. The van der Waals surface area contributed by atoms with E-state index in [-0.39, 0.29) is 15.2 Å². The van der Waals surface area contributed by atoms with E-state index in [9.17, 15) is 13.2 Å². The third-order valence-corrected chi connectivity index (χ3v) is 6.29. The zero-order valence-electron chi connectivity index (χ0n) is 11.1. The molecule has 0 saturated carbocycles. The Morgan fingerprint density at radius 3 is 2.37 bits per heavy atom. The number of hydrogen-bond donors (Lipinski definition) is 1. The highest BCUT2D eigenvalue weighted by Crippen LogP contribution is 2.34. The summed E-state index contributed by atoms with van der Waals surface area (Å²) in [6.07, 6.45) is 0. The van der Waals surface area contributed by atoms with Gasteiger partial charge in [-0.05, 0) is 27.4 Å². The summed E-state index contributed by atoms with van der Waals surface area (Å²) < 4.78 is 26.3. The van der Waals surface area contributed by atoms with E-state index in [0.717, 1.165) is 11.3 Å². The summed E-state index contributed by atoms with van der Waals surface area (Å²) in [6.45, 7) is 6.15. The fraction of sp³-hybridized carbons (Fsp3) is 0.545. The first-order chi connectivity index (χ1) is 8.45. The predicted molar refractivity (Wildman–Crippen MR) is 78.2 cm³/mol. The van der Waals surface area contributed by atoms with Gasteiger partial charge in [-0.15, -0.1) is 11.3 Å². The minimum absolute atomic E-state index is 0.00153. The molecular weight excluding hydrogens is 354 g/mol. The van der Waals surface area contributed by atoms with Crippen LogP contribution in [0.2, 0.25) is 0 Å². The van der Waals surface area contributed by atoms with Gasteiger partial charge >= 0.3 is 5.97 Å². The number of carboxylic acid groups (broad SMARTS) is 1. The van der Waals surface area contributed by atoms with Crippen LogP contribution in [0.15, 0.2) is 14.7 Å². The Hall–Kier alpha value is -0.440. The van der Waals surface area contributed by atoms with Gasteiger partial charge in [-0.2, -0.15) is 0 Å². The zero-order valence-corrected chi connectivity index (χ0v) is 14.3. The molecule has 0 bridgehead atoms. The second kappa shape index (κ2) is 5.51. The van der Waals surface area contributed by atoms with Gasteiger partial charge in [0.25, 0.3) is 0 Å². The predicted octanol–water partition coefficient (Wildman–Crippen LogP) is 2.88. The van der Waals surface area contributed by atoms with Gasteiger partial charge in [-0.1, -0.05) is 20.8 Å². The summed E-state index contributed by atoms with van der Waals surface area (Å²) in [6, 6.07) is 1.19. The van der Waals surface area contributed by atoms with E-state index >= 15 is 0 Å². The number of nitrogens with zero attached hydrogens (tertiary/aromatic N) is 1. The Morgan fingerprint density at radius 2 is 2.00 bits per heavy atom. The summed E-state index contributed by atoms with van der Waals surface area (Å²) in [7, 11) is -2.19. The average Bonchev–Trinajstić information content (AvgIpc) is 2.58. The van der Waals surface area contributed by atoms with Crippen molar-refractivity contribution in [2.45, 2.75) is 25.7 Å². The van der Waals surface area contributed by atoms with Gasteiger partial charge in [0.15, 0.2) is 0 Å². The molecule has 0 aliphatic heterocycles. The van der Waals surface area contributed by atoms with E-state index in [1.165, 1.54) is 17.4 Å². The Bertz CT molecular complexity index is 586. The summed E-state index contributed by atoms with van der Waals surface area (Å²) in [5.74, 6) is -1.13. The maximum absolute atomic E-state index is 12.4. The lowest BCUT2D eigenvalue weighted by Gasteiger charge is -2.25. The normalized spacial score (nSPS) is 12.9. The third-order valence-electron chi connectivity index (χ3n) is 2.25. The molecule has 0 amide bonds. The second-order valence-corrected chi connectivity index (χ2v) is 9.76. The Labute approximate surface area is 125 Å². The quantitative estimate of drug-likeness (QED) is 0.885. The topological polar surface area (TPSA) is 74.7 Å². The highest BCUT2D eigenvalue weighted by atomic mass is 79.9. The molecule has 0 unspecified atom stereocenters. The van der Waals surface area contributed by atoms with Crippen LogP contribution in [0.4, 0.5) is 0 Å². The SMILES string of the molecule is CN(CC(C)(C)C)S(=O)(=O)c1cc(C(=O)O)sc1Br. The number of hydrogen-bond acceptors (Lipinski definition) is 4. The van der Waals surface area contributed by atoms with Gasteiger partial charge in [0.05, 0.1) is 3.79 Å². The van der Waals surface area contributed by atoms with Gasteiger partial charge in [-0.3, -0.25) is 0 Å². The first-order valence-electron chi connectivity index (χ1n) is 5.44. The van der Waals surface area contributed by atoms with Crippen LogP contribution in [-0.4, -0.2) is 37.4 Å². The third kappa shape index (κ3) is 4.01. The first kappa shape index (κ1) is 16.6. The molecule has 0 atom stereocenters. The molecule has 108 valence electrons. The lowest BCUT2D eigenvalue weighted by Crippen LogP contribution is -2.34. The summed E-state index contributed by atoms with van der Waals surface area (Å²) in [5.41, 5.74) is -0.181. The van der Waals surface area contributed by atoms with Gasteiger partial charge in [0.2, 0.25) is 10.0 Å². The van der Waals surface area contributed by atoms with Crippen LogP contribution >= 0.6 is 27.3 Å². The molecule has 0 fully saturated rings. The molecule has 1 heterocycles. The molecule has 1 aromatic heterocycles. The Balaban J connectivity index is 3.17. The molecule has 8 heteroatoms. The molecule has 1 rings (SSSR count). The van der Waals surface area contributed by atoms with Crippen molar-refractivity contribution in [2.75, 3.05) is 13.6 Å². The molecule has 19 heavy (non-hydrogen) atoms. The smallest absolute Gasteiger partial charge is 0.345 e. The molecule has 0 aliphatic rings. The molecular formula is C11H16BrNO4S2. The Kier molecular flexibility index (Phi) is 4.82. The zero-order chi connectivity index (χ0) is 15.0. The van der Waals surface area contributed by atoms with Crippen molar-refractivity contribution in [1.29, 1.82) is 0 Å². The molecule has 0 aromatic carbocycles. The number of halogens is 1.